The monoisotopic (exact) mass is 290 g/mol. The number of rotatable bonds is 7. The van der Waals surface area contributed by atoms with Gasteiger partial charge in [-0.3, -0.25) is 0 Å². The zero-order valence-corrected chi connectivity index (χ0v) is 12.8. The lowest BCUT2D eigenvalue weighted by molar-refractivity contribution is 0.0697. The number of carbonyl (C=O) groups is 1. The van der Waals surface area contributed by atoms with Crippen LogP contribution in [0, 0.1) is 0 Å². The highest BCUT2D eigenvalue weighted by Gasteiger charge is 2.16. The van der Waals surface area contributed by atoms with Crippen LogP contribution in [0.4, 0.5) is 0 Å². The molecule has 0 fully saturated rings. The molecule has 0 saturated heterocycles. The number of fused-ring (bicyclic) bond motifs is 1. The number of nitrogens with zero attached hydrogens (tertiary/aromatic N) is 2. The van der Waals surface area contributed by atoms with Gasteiger partial charge in [0.25, 0.3) is 0 Å². The minimum atomic E-state index is -0.925. The van der Waals surface area contributed by atoms with E-state index < -0.39 is 5.97 Å². The van der Waals surface area contributed by atoms with Gasteiger partial charge in [0, 0.05) is 19.1 Å². The third-order valence-electron chi connectivity index (χ3n) is 3.74. The van der Waals surface area contributed by atoms with Gasteiger partial charge in [0.05, 0.1) is 23.2 Å². The van der Waals surface area contributed by atoms with Gasteiger partial charge >= 0.3 is 5.97 Å². The molecule has 0 spiro atoms. The molecule has 0 saturated carbocycles. The van der Waals surface area contributed by atoms with Crippen LogP contribution in [0.15, 0.2) is 18.2 Å². The van der Waals surface area contributed by atoms with E-state index in [0.717, 1.165) is 29.8 Å². The summed E-state index contributed by atoms with van der Waals surface area (Å²) in [4.78, 5) is 15.7. The number of ether oxygens (including phenoxy) is 1. The summed E-state index contributed by atoms with van der Waals surface area (Å²) >= 11 is 0. The summed E-state index contributed by atoms with van der Waals surface area (Å²) in [6, 6.07) is 5.11. The van der Waals surface area contributed by atoms with E-state index >= 15 is 0 Å². The van der Waals surface area contributed by atoms with Crippen molar-refractivity contribution in [3.8, 4) is 0 Å². The molecule has 2 rings (SSSR count). The molecule has 5 heteroatoms. The van der Waals surface area contributed by atoms with Crippen LogP contribution in [0.5, 0.6) is 0 Å². The summed E-state index contributed by atoms with van der Waals surface area (Å²) in [6.07, 6.45) is 0.990. The van der Waals surface area contributed by atoms with Gasteiger partial charge in [0.15, 0.2) is 0 Å². The van der Waals surface area contributed by atoms with Crippen molar-refractivity contribution in [2.75, 3.05) is 13.2 Å². The second kappa shape index (κ2) is 6.72. The summed E-state index contributed by atoms with van der Waals surface area (Å²) in [5, 5.41) is 9.09. The first-order valence-electron chi connectivity index (χ1n) is 7.39. The van der Waals surface area contributed by atoms with E-state index in [1.165, 1.54) is 0 Å². The van der Waals surface area contributed by atoms with E-state index in [9.17, 15) is 4.79 Å². The molecule has 114 valence electrons. The van der Waals surface area contributed by atoms with Crippen LogP contribution in [-0.4, -0.2) is 33.8 Å². The average Bonchev–Trinajstić information content (AvgIpc) is 2.84. The third-order valence-corrected chi connectivity index (χ3v) is 3.74. The number of carboxylic acids is 1. The summed E-state index contributed by atoms with van der Waals surface area (Å²) in [5.74, 6) is 0.396. The molecule has 21 heavy (non-hydrogen) atoms. The molecule has 0 bridgehead atoms. The van der Waals surface area contributed by atoms with E-state index in [2.05, 4.69) is 23.4 Å². The van der Waals surface area contributed by atoms with Gasteiger partial charge in [-0.1, -0.05) is 13.8 Å². The van der Waals surface area contributed by atoms with E-state index in [1.807, 2.05) is 13.0 Å². The lowest BCUT2D eigenvalue weighted by Gasteiger charge is -2.13. The van der Waals surface area contributed by atoms with Crippen molar-refractivity contribution < 1.29 is 14.6 Å². The van der Waals surface area contributed by atoms with Gasteiger partial charge in [-0.2, -0.15) is 0 Å². The maximum atomic E-state index is 11.1. The van der Waals surface area contributed by atoms with Crippen molar-refractivity contribution in [1.29, 1.82) is 0 Å². The van der Waals surface area contributed by atoms with Crippen LogP contribution in [0.1, 0.15) is 49.3 Å². The zero-order valence-electron chi connectivity index (χ0n) is 12.8. The van der Waals surface area contributed by atoms with Crippen LogP contribution in [-0.2, 0) is 11.3 Å². The lowest BCUT2D eigenvalue weighted by Crippen LogP contribution is -2.11. The van der Waals surface area contributed by atoms with Crippen LogP contribution >= 0.6 is 0 Å². The second-order valence-electron chi connectivity index (χ2n) is 5.14. The highest BCUT2D eigenvalue weighted by molar-refractivity contribution is 5.92. The van der Waals surface area contributed by atoms with Crippen molar-refractivity contribution in [1.82, 2.24) is 9.55 Å². The maximum absolute atomic E-state index is 11.1. The molecule has 5 nitrogen and oxygen atoms in total. The topological polar surface area (TPSA) is 64.4 Å². The van der Waals surface area contributed by atoms with Gasteiger partial charge < -0.3 is 14.4 Å². The summed E-state index contributed by atoms with van der Waals surface area (Å²) in [5.41, 5.74) is 1.98. The number of hydrogen-bond acceptors (Lipinski definition) is 3. The summed E-state index contributed by atoms with van der Waals surface area (Å²) in [7, 11) is 0. The molecule has 0 aliphatic heterocycles. The van der Waals surface area contributed by atoms with Gasteiger partial charge in [0.1, 0.15) is 5.82 Å². The normalized spacial score (nSPS) is 12.7. The maximum Gasteiger partial charge on any atom is 0.335 e. The predicted octanol–water partition coefficient (Wildman–Crippen LogP) is 3.28. The standard InChI is InChI=1S/C16H22N2O3/c1-4-11(3)15-17-13-10-12(16(19)20)6-7-14(13)18(15)8-9-21-5-2/h6-7,10-11H,4-5,8-9H2,1-3H3,(H,19,20). The molecule has 0 aliphatic rings. The third kappa shape index (κ3) is 3.24. The number of carboxylic acid groups (broad SMARTS) is 1. The number of hydrogen-bond donors (Lipinski definition) is 1. The van der Waals surface area contributed by atoms with Gasteiger partial charge in [-0.15, -0.1) is 0 Å². The molecule has 1 N–H and O–H groups in total. The van der Waals surface area contributed by atoms with E-state index in [1.54, 1.807) is 12.1 Å². The summed E-state index contributed by atoms with van der Waals surface area (Å²) in [6.45, 7) is 8.29. The van der Waals surface area contributed by atoms with Crippen LogP contribution in [0.2, 0.25) is 0 Å². The Hall–Kier alpha value is -1.88. The average molecular weight is 290 g/mol. The quantitative estimate of drug-likeness (QED) is 0.795. The highest BCUT2D eigenvalue weighted by atomic mass is 16.5. The van der Waals surface area contributed by atoms with Gasteiger partial charge in [-0.05, 0) is 31.5 Å². The van der Waals surface area contributed by atoms with E-state index in [4.69, 9.17) is 9.84 Å². The van der Waals surface area contributed by atoms with Crippen molar-refractivity contribution >= 4 is 17.0 Å². The molecule has 0 amide bonds. The molecule has 1 heterocycles. The lowest BCUT2D eigenvalue weighted by atomic mass is 10.1. The van der Waals surface area contributed by atoms with Crippen LogP contribution in [0.3, 0.4) is 0 Å². The Morgan fingerprint density at radius 1 is 1.43 bits per heavy atom. The molecule has 1 aromatic heterocycles. The molecule has 0 aliphatic carbocycles. The number of aromatic nitrogens is 2. The molecule has 2 aromatic rings. The smallest absolute Gasteiger partial charge is 0.335 e. The van der Waals surface area contributed by atoms with Crippen molar-refractivity contribution in [2.24, 2.45) is 0 Å². The Morgan fingerprint density at radius 2 is 2.19 bits per heavy atom. The van der Waals surface area contributed by atoms with Crippen LogP contribution < -0.4 is 0 Å². The number of imidazole rings is 1. The minimum absolute atomic E-state index is 0.271. The van der Waals surface area contributed by atoms with Crippen molar-refractivity contribution in [3.05, 3.63) is 29.6 Å². The zero-order chi connectivity index (χ0) is 15.4. The number of benzene rings is 1. The predicted molar refractivity (Wildman–Crippen MR) is 81.9 cm³/mol. The molecular formula is C16H22N2O3. The molecule has 1 aromatic carbocycles. The molecule has 1 unspecified atom stereocenters. The van der Waals surface area contributed by atoms with E-state index in [0.29, 0.717) is 19.1 Å². The molecule has 0 radical (unpaired) electrons. The Balaban J connectivity index is 2.47. The van der Waals surface area contributed by atoms with Crippen LogP contribution in [0.25, 0.3) is 11.0 Å². The second-order valence-corrected chi connectivity index (χ2v) is 5.14. The fraction of sp³-hybridized carbons (Fsp3) is 0.500. The first kappa shape index (κ1) is 15.5. The Labute approximate surface area is 124 Å². The van der Waals surface area contributed by atoms with Crippen molar-refractivity contribution in [2.45, 2.75) is 39.7 Å². The number of aromatic carboxylic acids is 1. The fourth-order valence-corrected chi connectivity index (χ4v) is 2.38. The fourth-order valence-electron chi connectivity index (χ4n) is 2.38. The Kier molecular flexibility index (Phi) is 4.96. The first-order chi connectivity index (χ1) is 10.1. The summed E-state index contributed by atoms with van der Waals surface area (Å²) < 4.78 is 7.59. The van der Waals surface area contributed by atoms with Gasteiger partial charge in [-0.25, -0.2) is 9.78 Å². The minimum Gasteiger partial charge on any atom is -0.478 e. The Bertz CT molecular complexity index is 634. The molecule has 1 atom stereocenters. The van der Waals surface area contributed by atoms with Gasteiger partial charge in [0.2, 0.25) is 0 Å². The van der Waals surface area contributed by atoms with E-state index in [-0.39, 0.29) is 5.56 Å². The van der Waals surface area contributed by atoms with Crippen molar-refractivity contribution in [3.63, 3.8) is 0 Å². The highest BCUT2D eigenvalue weighted by Crippen LogP contribution is 2.25. The SMILES string of the molecule is CCOCCn1c(C(C)CC)nc2cc(C(=O)O)ccc21. The largest absolute Gasteiger partial charge is 0.478 e. The first-order valence-corrected chi connectivity index (χ1v) is 7.39. The Morgan fingerprint density at radius 3 is 2.81 bits per heavy atom. The molecular weight excluding hydrogens is 268 g/mol.